The molecule has 14 heavy (non-hydrogen) atoms. The van der Waals surface area contributed by atoms with Crippen LogP contribution in [0.1, 0.15) is 25.7 Å². The fourth-order valence-electron chi connectivity index (χ4n) is 0.902. The smallest absolute Gasteiger partial charge is 0.212 e. The van der Waals surface area contributed by atoms with Gasteiger partial charge in [-0.1, -0.05) is 12.8 Å². The van der Waals surface area contributed by atoms with Crippen LogP contribution in [0, 0.1) is 0 Å². The molecule has 0 aliphatic carbocycles. The summed E-state index contributed by atoms with van der Waals surface area (Å²) in [6.07, 6.45) is 2.18. The van der Waals surface area contributed by atoms with Crippen molar-refractivity contribution >= 4 is 39.5 Å². The molecule has 0 rings (SSSR count). The first kappa shape index (κ1) is 14.5. The minimum Gasteiger partial charge on any atom is -0.212 e. The van der Waals surface area contributed by atoms with Crippen molar-refractivity contribution in [1.29, 1.82) is 0 Å². The van der Waals surface area contributed by atoms with Gasteiger partial charge in [0.15, 0.2) is 0 Å². The summed E-state index contributed by atoms with van der Waals surface area (Å²) in [5, 5.41) is 0. The average Bonchev–Trinajstić information content (AvgIpc) is 1.92. The van der Waals surface area contributed by atoms with E-state index in [1.807, 2.05) is 0 Å². The van der Waals surface area contributed by atoms with Gasteiger partial charge in [0, 0.05) is 21.4 Å². The topological polar surface area (TPSA) is 68.3 Å². The second-order valence-electron chi connectivity index (χ2n) is 2.90. The van der Waals surface area contributed by atoms with Gasteiger partial charge < -0.3 is 0 Å². The Hall–Kier alpha value is 0.480. The van der Waals surface area contributed by atoms with Crippen LogP contribution in [0.3, 0.4) is 0 Å². The summed E-state index contributed by atoms with van der Waals surface area (Å²) in [6, 6.07) is 0. The van der Waals surface area contributed by atoms with E-state index in [1.54, 1.807) is 0 Å². The van der Waals surface area contributed by atoms with E-state index < -0.39 is 18.1 Å². The van der Waals surface area contributed by atoms with Crippen LogP contribution < -0.4 is 0 Å². The van der Waals surface area contributed by atoms with Crippen molar-refractivity contribution in [2.24, 2.45) is 0 Å². The lowest BCUT2D eigenvalue weighted by molar-refractivity contribution is 0.595. The van der Waals surface area contributed by atoms with Gasteiger partial charge in [0.1, 0.15) is 0 Å². The minimum atomic E-state index is -3.41. The summed E-state index contributed by atoms with van der Waals surface area (Å²) in [5.74, 6) is -0.135. The molecule has 0 atom stereocenters. The molecule has 0 aromatic carbocycles. The van der Waals surface area contributed by atoms with Crippen molar-refractivity contribution in [3.8, 4) is 0 Å². The highest BCUT2D eigenvalue weighted by Gasteiger charge is 2.06. The van der Waals surface area contributed by atoms with Crippen molar-refractivity contribution in [2.45, 2.75) is 25.7 Å². The van der Waals surface area contributed by atoms with Crippen LogP contribution in [0.4, 0.5) is 0 Å². The maximum atomic E-state index is 10.5. The lowest BCUT2D eigenvalue weighted by Gasteiger charge is -1.98. The van der Waals surface area contributed by atoms with Crippen LogP contribution in [0.2, 0.25) is 0 Å². The van der Waals surface area contributed by atoms with Gasteiger partial charge in [-0.25, -0.2) is 16.8 Å². The molecule has 0 saturated heterocycles. The summed E-state index contributed by atoms with van der Waals surface area (Å²) < 4.78 is 41.9. The third-order valence-electron chi connectivity index (χ3n) is 1.53. The summed E-state index contributed by atoms with van der Waals surface area (Å²) in [6.45, 7) is 0. The fourth-order valence-corrected chi connectivity index (χ4v) is 2.66. The average molecular weight is 283 g/mol. The lowest BCUT2D eigenvalue weighted by atomic mass is 10.2. The Bertz CT molecular complexity index is 310. The van der Waals surface area contributed by atoms with Crippen LogP contribution in [0.25, 0.3) is 0 Å². The fraction of sp³-hybridized carbons (Fsp3) is 1.00. The summed E-state index contributed by atoms with van der Waals surface area (Å²) in [7, 11) is 3.12. The van der Waals surface area contributed by atoms with E-state index >= 15 is 0 Å². The monoisotopic (exact) mass is 282 g/mol. The molecule has 0 spiro atoms. The number of unbranched alkanes of at least 4 members (excludes halogenated alkanes) is 3. The highest BCUT2D eigenvalue weighted by molar-refractivity contribution is 8.14. The number of hydrogen-bond donors (Lipinski definition) is 0. The van der Waals surface area contributed by atoms with Gasteiger partial charge in [-0.3, -0.25) is 0 Å². The number of halogens is 2. The molecule has 0 N–H and O–H groups in total. The number of hydrogen-bond acceptors (Lipinski definition) is 4. The van der Waals surface area contributed by atoms with E-state index in [4.69, 9.17) is 21.4 Å². The van der Waals surface area contributed by atoms with Crippen LogP contribution >= 0.6 is 21.4 Å². The number of rotatable bonds is 7. The molecule has 4 nitrogen and oxygen atoms in total. The molecular weight excluding hydrogens is 271 g/mol. The third kappa shape index (κ3) is 12.5. The van der Waals surface area contributed by atoms with E-state index in [1.165, 1.54) is 0 Å². The summed E-state index contributed by atoms with van der Waals surface area (Å²) >= 11 is 0. The maximum Gasteiger partial charge on any atom is 0.232 e. The molecule has 0 aliphatic rings. The van der Waals surface area contributed by atoms with Crippen molar-refractivity contribution in [1.82, 2.24) is 0 Å². The van der Waals surface area contributed by atoms with Gasteiger partial charge >= 0.3 is 0 Å². The van der Waals surface area contributed by atoms with E-state index in [9.17, 15) is 16.8 Å². The van der Waals surface area contributed by atoms with Gasteiger partial charge in [0.05, 0.1) is 11.5 Å². The predicted octanol–water partition coefficient (Wildman–Crippen LogP) is 1.68. The Labute approximate surface area is 93.4 Å². The first-order valence-corrected chi connectivity index (χ1v) is 9.01. The molecule has 0 unspecified atom stereocenters. The van der Waals surface area contributed by atoms with E-state index in [0.29, 0.717) is 25.7 Å². The van der Waals surface area contributed by atoms with Crippen molar-refractivity contribution in [3.05, 3.63) is 0 Å². The van der Waals surface area contributed by atoms with Crippen LogP contribution in [0.15, 0.2) is 0 Å². The molecule has 0 radical (unpaired) electrons. The molecule has 0 amide bonds. The van der Waals surface area contributed by atoms with E-state index in [-0.39, 0.29) is 11.5 Å². The Morgan fingerprint density at radius 1 is 0.643 bits per heavy atom. The zero-order chi connectivity index (χ0) is 11.2. The molecular formula is C6H12Cl2O4S2. The lowest BCUT2D eigenvalue weighted by Crippen LogP contribution is -1.99. The van der Waals surface area contributed by atoms with Gasteiger partial charge in [-0.15, -0.1) is 0 Å². The van der Waals surface area contributed by atoms with Gasteiger partial charge in [-0.2, -0.15) is 0 Å². The highest BCUT2D eigenvalue weighted by atomic mass is 35.7. The quantitative estimate of drug-likeness (QED) is 0.526. The first-order chi connectivity index (χ1) is 6.21. The molecule has 86 valence electrons. The zero-order valence-corrected chi connectivity index (χ0v) is 10.6. The molecule has 0 saturated carbocycles. The van der Waals surface area contributed by atoms with Crippen LogP contribution in [0.5, 0.6) is 0 Å². The maximum absolute atomic E-state index is 10.5. The molecule has 0 aliphatic heterocycles. The SMILES string of the molecule is O=S(=O)(Cl)CCCCCCS(=O)(=O)Cl. The first-order valence-electron chi connectivity index (χ1n) is 4.05. The van der Waals surface area contributed by atoms with Crippen molar-refractivity contribution in [2.75, 3.05) is 11.5 Å². The van der Waals surface area contributed by atoms with E-state index in [0.717, 1.165) is 0 Å². The van der Waals surface area contributed by atoms with Crippen LogP contribution in [-0.4, -0.2) is 28.3 Å². The predicted molar refractivity (Wildman–Crippen MR) is 57.7 cm³/mol. The Morgan fingerprint density at radius 3 is 1.14 bits per heavy atom. The summed E-state index contributed by atoms with van der Waals surface area (Å²) in [4.78, 5) is 0. The molecule has 0 fully saturated rings. The molecule has 0 heterocycles. The zero-order valence-electron chi connectivity index (χ0n) is 7.45. The Kier molecular flexibility index (Phi) is 6.36. The Balaban J connectivity index is 3.41. The summed E-state index contributed by atoms with van der Waals surface area (Å²) in [5.41, 5.74) is 0. The minimum absolute atomic E-state index is 0.0673. The molecule has 0 bridgehead atoms. The Morgan fingerprint density at radius 2 is 0.929 bits per heavy atom. The van der Waals surface area contributed by atoms with Crippen LogP contribution in [-0.2, 0) is 18.1 Å². The van der Waals surface area contributed by atoms with Gasteiger partial charge in [-0.05, 0) is 12.8 Å². The standard InChI is InChI=1S/C6H12Cl2O4S2/c7-13(9,10)5-3-1-2-4-6-14(8,11)12/h1-6H2. The van der Waals surface area contributed by atoms with Gasteiger partial charge in [0.25, 0.3) is 0 Å². The normalized spacial score (nSPS) is 13.0. The molecule has 0 aromatic heterocycles. The largest absolute Gasteiger partial charge is 0.232 e. The van der Waals surface area contributed by atoms with Gasteiger partial charge in [0.2, 0.25) is 18.1 Å². The third-order valence-corrected chi connectivity index (χ3v) is 4.00. The molecule has 8 heteroatoms. The van der Waals surface area contributed by atoms with Crippen molar-refractivity contribution in [3.63, 3.8) is 0 Å². The molecule has 0 aromatic rings. The van der Waals surface area contributed by atoms with E-state index in [2.05, 4.69) is 0 Å². The highest BCUT2D eigenvalue weighted by Crippen LogP contribution is 2.08. The van der Waals surface area contributed by atoms with Crippen molar-refractivity contribution < 1.29 is 16.8 Å². The second-order valence-corrected chi connectivity index (χ2v) is 8.69. The second kappa shape index (κ2) is 6.15.